The molecule has 3 rings (SSSR count). The molecule has 0 aliphatic carbocycles. The standard InChI is InChI=1S/C17H15N3O4/c21-16(18-9-8-13-7-4-10-24-13)15-11-14(17(22)23)19-20(15)12-5-2-1-3-6-12/h1-7,10-11H,8-9H2,(H,18,21)(H,22,23). The molecule has 2 N–H and O–H groups in total. The van der Waals surface area contributed by atoms with Crippen molar-refractivity contribution in [3.63, 3.8) is 0 Å². The van der Waals surface area contributed by atoms with Gasteiger partial charge in [0, 0.05) is 19.0 Å². The minimum absolute atomic E-state index is 0.165. The van der Waals surface area contributed by atoms with E-state index >= 15 is 0 Å². The molecule has 3 aromatic rings. The van der Waals surface area contributed by atoms with Crippen molar-refractivity contribution in [3.05, 3.63) is 71.9 Å². The van der Waals surface area contributed by atoms with Crippen molar-refractivity contribution >= 4 is 11.9 Å². The van der Waals surface area contributed by atoms with Crippen LogP contribution in [0.25, 0.3) is 5.69 Å². The zero-order valence-corrected chi connectivity index (χ0v) is 12.7. The lowest BCUT2D eigenvalue weighted by molar-refractivity contribution is 0.0689. The quantitative estimate of drug-likeness (QED) is 0.723. The Labute approximate surface area is 137 Å². The van der Waals surface area contributed by atoms with Gasteiger partial charge in [0.2, 0.25) is 0 Å². The summed E-state index contributed by atoms with van der Waals surface area (Å²) < 4.78 is 6.53. The summed E-state index contributed by atoms with van der Waals surface area (Å²) in [7, 11) is 0. The zero-order valence-electron chi connectivity index (χ0n) is 12.7. The molecule has 7 nitrogen and oxygen atoms in total. The van der Waals surface area contributed by atoms with Gasteiger partial charge < -0.3 is 14.8 Å². The fourth-order valence-corrected chi connectivity index (χ4v) is 2.26. The van der Waals surface area contributed by atoms with Crippen LogP contribution >= 0.6 is 0 Å². The predicted octanol–water partition coefficient (Wildman–Crippen LogP) is 2.14. The molecule has 122 valence electrons. The van der Waals surface area contributed by atoms with Crippen LogP contribution in [0.5, 0.6) is 0 Å². The Morgan fingerprint density at radius 2 is 1.96 bits per heavy atom. The minimum Gasteiger partial charge on any atom is -0.476 e. The number of aromatic carboxylic acids is 1. The average Bonchev–Trinajstić information content (AvgIpc) is 3.25. The highest BCUT2D eigenvalue weighted by Gasteiger charge is 2.19. The van der Waals surface area contributed by atoms with Crippen LogP contribution in [-0.4, -0.2) is 33.3 Å². The molecular weight excluding hydrogens is 310 g/mol. The fraction of sp³-hybridized carbons (Fsp3) is 0.118. The van der Waals surface area contributed by atoms with E-state index in [1.807, 2.05) is 12.1 Å². The average molecular weight is 325 g/mol. The number of furan rings is 1. The topological polar surface area (TPSA) is 97.4 Å². The second-order valence-corrected chi connectivity index (χ2v) is 5.05. The van der Waals surface area contributed by atoms with Crippen molar-refractivity contribution in [2.75, 3.05) is 6.54 Å². The molecule has 0 spiro atoms. The van der Waals surface area contributed by atoms with Crippen molar-refractivity contribution in [1.82, 2.24) is 15.1 Å². The molecule has 0 fully saturated rings. The largest absolute Gasteiger partial charge is 0.476 e. The van der Waals surface area contributed by atoms with Gasteiger partial charge in [-0.1, -0.05) is 18.2 Å². The van der Waals surface area contributed by atoms with E-state index < -0.39 is 11.9 Å². The first-order valence-electron chi connectivity index (χ1n) is 7.34. The van der Waals surface area contributed by atoms with Crippen LogP contribution in [-0.2, 0) is 6.42 Å². The first-order chi connectivity index (χ1) is 11.6. The van der Waals surface area contributed by atoms with Gasteiger partial charge in [0.05, 0.1) is 12.0 Å². The Bertz CT molecular complexity index is 838. The first kappa shape index (κ1) is 15.5. The summed E-state index contributed by atoms with van der Waals surface area (Å²) in [6, 6.07) is 13.8. The molecule has 0 saturated carbocycles. The van der Waals surface area contributed by atoms with E-state index in [9.17, 15) is 9.59 Å². The number of carbonyl (C=O) groups is 2. The molecule has 2 aromatic heterocycles. The number of para-hydroxylation sites is 1. The van der Waals surface area contributed by atoms with Gasteiger partial charge in [0.25, 0.3) is 5.91 Å². The molecule has 0 bridgehead atoms. The highest BCUT2D eigenvalue weighted by molar-refractivity contribution is 5.96. The summed E-state index contributed by atoms with van der Waals surface area (Å²) in [5.41, 5.74) is 0.592. The highest BCUT2D eigenvalue weighted by atomic mass is 16.4. The van der Waals surface area contributed by atoms with E-state index in [0.717, 1.165) is 5.76 Å². The lowest BCUT2D eigenvalue weighted by Crippen LogP contribution is -2.27. The van der Waals surface area contributed by atoms with E-state index in [2.05, 4.69) is 10.4 Å². The smallest absolute Gasteiger partial charge is 0.356 e. The number of benzene rings is 1. The lowest BCUT2D eigenvalue weighted by atomic mass is 10.3. The van der Waals surface area contributed by atoms with Gasteiger partial charge in [-0.15, -0.1) is 0 Å². The molecule has 24 heavy (non-hydrogen) atoms. The second-order valence-electron chi connectivity index (χ2n) is 5.05. The van der Waals surface area contributed by atoms with Gasteiger partial charge in [0.15, 0.2) is 5.69 Å². The molecular formula is C17H15N3O4. The Balaban J connectivity index is 1.80. The molecule has 0 unspecified atom stereocenters. The highest BCUT2D eigenvalue weighted by Crippen LogP contribution is 2.13. The number of hydrogen-bond donors (Lipinski definition) is 2. The summed E-state index contributed by atoms with van der Waals surface area (Å²) in [5, 5.41) is 15.9. The summed E-state index contributed by atoms with van der Waals surface area (Å²) >= 11 is 0. The van der Waals surface area contributed by atoms with Crippen LogP contribution < -0.4 is 5.32 Å². The zero-order chi connectivity index (χ0) is 16.9. The summed E-state index contributed by atoms with van der Waals surface area (Å²) in [6.45, 7) is 0.370. The summed E-state index contributed by atoms with van der Waals surface area (Å²) in [6.07, 6.45) is 2.12. The Hall–Kier alpha value is -3.35. The maximum atomic E-state index is 12.4. The number of carboxylic acids is 1. The molecule has 0 saturated heterocycles. The second kappa shape index (κ2) is 6.82. The molecule has 0 radical (unpaired) electrons. The van der Waals surface area contributed by atoms with Gasteiger partial charge in [0.1, 0.15) is 11.5 Å². The van der Waals surface area contributed by atoms with Crippen LogP contribution in [0, 0.1) is 0 Å². The Morgan fingerprint density at radius 1 is 1.17 bits per heavy atom. The third-order valence-electron chi connectivity index (χ3n) is 3.40. The third-order valence-corrected chi connectivity index (χ3v) is 3.40. The van der Waals surface area contributed by atoms with Crippen molar-refractivity contribution in [3.8, 4) is 5.69 Å². The molecule has 0 atom stereocenters. The molecule has 0 aliphatic heterocycles. The predicted molar refractivity (Wildman–Crippen MR) is 85.3 cm³/mol. The fourth-order valence-electron chi connectivity index (χ4n) is 2.26. The van der Waals surface area contributed by atoms with Gasteiger partial charge in [-0.2, -0.15) is 5.10 Å². The number of nitrogens with one attached hydrogen (secondary N) is 1. The van der Waals surface area contributed by atoms with Crippen molar-refractivity contribution in [1.29, 1.82) is 0 Å². The van der Waals surface area contributed by atoms with E-state index in [1.54, 1.807) is 36.6 Å². The van der Waals surface area contributed by atoms with Crippen LogP contribution in [0.3, 0.4) is 0 Å². The number of nitrogens with zero attached hydrogens (tertiary/aromatic N) is 2. The lowest BCUT2D eigenvalue weighted by Gasteiger charge is -2.07. The number of hydrogen-bond acceptors (Lipinski definition) is 4. The van der Waals surface area contributed by atoms with Gasteiger partial charge in [-0.05, 0) is 24.3 Å². The first-order valence-corrected chi connectivity index (χ1v) is 7.34. The molecule has 1 amide bonds. The maximum Gasteiger partial charge on any atom is 0.356 e. The number of carboxylic acid groups (broad SMARTS) is 1. The summed E-state index contributed by atoms with van der Waals surface area (Å²) in [4.78, 5) is 23.6. The number of rotatable bonds is 6. The minimum atomic E-state index is -1.19. The number of carbonyl (C=O) groups excluding carboxylic acids is 1. The van der Waals surface area contributed by atoms with Crippen LogP contribution in [0.15, 0.2) is 59.2 Å². The van der Waals surface area contributed by atoms with Crippen LogP contribution in [0.1, 0.15) is 26.7 Å². The normalized spacial score (nSPS) is 10.5. The van der Waals surface area contributed by atoms with E-state index in [4.69, 9.17) is 9.52 Å². The van der Waals surface area contributed by atoms with Gasteiger partial charge in [-0.25, -0.2) is 9.48 Å². The molecule has 2 heterocycles. The monoisotopic (exact) mass is 325 g/mol. The molecule has 7 heteroatoms. The summed E-state index contributed by atoms with van der Waals surface area (Å²) in [5.74, 6) is -0.821. The molecule has 1 aromatic carbocycles. The van der Waals surface area contributed by atoms with Gasteiger partial charge >= 0.3 is 5.97 Å². The van der Waals surface area contributed by atoms with E-state index in [1.165, 1.54) is 10.7 Å². The SMILES string of the molecule is O=C(O)c1cc(C(=O)NCCc2ccco2)n(-c2ccccc2)n1. The Kier molecular flexibility index (Phi) is 4.42. The van der Waals surface area contributed by atoms with Crippen LogP contribution in [0.2, 0.25) is 0 Å². The number of aromatic nitrogens is 2. The van der Waals surface area contributed by atoms with E-state index in [-0.39, 0.29) is 11.4 Å². The van der Waals surface area contributed by atoms with Crippen molar-refractivity contribution < 1.29 is 19.1 Å². The van der Waals surface area contributed by atoms with Crippen molar-refractivity contribution in [2.45, 2.75) is 6.42 Å². The third kappa shape index (κ3) is 3.35. The van der Waals surface area contributed by atoms with Gasteiger partial charge in [-0.3, -0.25) is 4.79 Å². The van der Waals surface area contributed by atoms with E-state index in [0.29, 0.717) is 18.7 Å². The Morgan fingerprint density at radius 3 is 2.62 bits per heavy atom. The van der Waals surface area contributed by atoms with Crippen molar-refractivity contribution in [2.24, 2.45) is 0 Å². The molecule has 0 aliphatic rings. The number of amides is 1. The maximum absolute atomic E-state index is 12.4. The van der Waals surface area contributed by atoms with Crippen LogP contribution in [0.4, 0.5) is 0 Å².